The third-order valence-electron chi connectivity index (χ3n) is 4.56. The van der Waals surface area contributed by atoms with Crippen molar-refractivity contribution < 1.29 is 0 Å². The summed E-state index contributed by atoms with van der Waals surface area (Å²) in [5.41, 5.74) is 4.02. The molecule has 0 unspecified atom stereocenters. The van der Waals surface area contributed by atoms with Crippen molar-refractivity contribution in [1.29, 1.82) is 0 Å². The molecule has 0 bridgehead atoms. The number of thioether (sulfide) groups is 1. The van der Waals surface area contributed by atoms with Crippen molar-refractivity contribution in [1.82, 2.24) is 0 Å². The van der Waals surface area contributed by atoms with Crippen molar-refractivity contribution in [2.75, 3.05) is 0 Å². The van der Waals surface area contributed by atoms with Crippen molar-refractivity contribution in [2.45, 2.75) is 4.90 Å². The molecule has 0 radical (unpaired) electrons. The number of fused-ring (bicyclic) bond motifs is 7. The van der Waals surface area contributed by atoms with E-state index in [0.717, 1.165) is 0 Å². The molecule has 0 amide bonds. The molecule has 0 N–H and O–H groups in total. The van der Waals surface area contributed by atoms with Crippen LogP contribution in [0, 0.1) is 0 Å². The van der Waals surface area contributed by atoms with E-state index in [4.69, 9.17) is 0 Å². The minimum atomic E-state index is 1.30. The van der Waals surface area contributed by atoms with Crippen molar-refractivity contribution >= 4 is 39.4 Å². The molecule has 5 rings (SSSR count). The van der Waals surface area contributed by atoms with Gasteiger partial charge in [0.05, 0.1) is 0 Å². The third-order valence-corrected chi connectivity index (χ3v) is 5.43. The first-order valence-corrected chi connectivity index (χ1v) is 8.67. The SMILES string of the molecule is C1=Cc2c(ccc3ccccc23)-c2c(ccc3ccccc23)S1. The van der Waals surface area contributed by atoms with E-state index in [1.165, 1.54) is 43.1 Å². The second kappa shape index (κ2) is 5.00. The van der Waals surface area contributed by atoms with Gasteiger partial charge in [0.15, 0.2) is 0 Å². The Morgan fingerprint density at radius 1 is 0.609 bits per heavy atom. The molecule has 1 heterocycles. The Labute approximate surface area is 139 Å². The highest BCUT2D eigenvalue weighted by Crippen LogP contribution is 2.44. The van der Waals surface area contributed by atoms with Crippen LogP contribution in [-0.2, 0) is 0 Å². The van der Waals surface area contributed by atoms with Crippen LogP contribution < -0.4 is 0 Å². The number of benzene rings is 4. The van der Waals surface area contributed by atoms with Crippen LogP contribution in [0.5, 0.6) is 0 Å². The van der Waals surface area contributed by atoms with Gasteiger partial charge in [-0.3, -0.25) is 0 Å². The molecule has 0 spiro atoms. The van der Waals surface area contributed by atoms with Crippen LogP contribution in [0.25, 0.3) is 38.7 Å². The smallest absolute Gasteiger partial charge is 0.0201 e. The van der Waals surface area contributed by atoms with Crippen molar-refractivity contribution in [3.8, 4) is 11.1 Å². The lowest BCUT2D eigenvalue weighted by atomic mass is 9.91. The maximum atomic E-state index is 2.28. The van der Waals surface area contributed by atoms with Gasteiger partial charge in [-0.05, 0) is 50.2 Å². The second-order valence-corrected chi connectivity index (χ2v) is 6.78. The first-order chi connectivity index (χ1) is 11.4. The van der Waals surface area contributed by atoms with Gasteiger partial charge in [0.2, 0.25) is 0 Å². The van der Waals surface area contributed by atoms with E-state index >= 15 is 0 Å². The first-order valence-electron chi connectivity index (χ1n) is 7.79. The van der Waals surface area contributed by atoms with Crippen LogP contribution in [0.15, 0.2) is 83.1 Å². The topological polar surface area (TPSA) is 0 Å². The molecule has 0 aliphatic carbocycles. The monoisotopic (exact) mass is 310 g/mol. The van der Waals surface area contributed by atoms with E-state index in [0.29, 0.717) is 0 Å². The molecule has 0 saturated heterocycles. The van der Waals surface area contributed by atoms with Crippen LogP contribution in [0.1, 0.15) is 5.56 Å². The van der Waals surface area contributed by atoms with Crippen molar-refractivity contribution in [3.63, 3.8) is 0 Å². The van der Waals surface area contributed by atoms with Gasteiger partial charge in [-0.15, -0.1) is 0 Å². The van der Waals surface area contributed by atoms with Gasteiger partial charge in [-0.1, -0.05) is 78.5 Å². The summed E-state index contributed by atoms with van der Waals surface area (Å²) in [7, 11) is 0. The largest absolute Gasteiger partial charge is 0.0974 e. The molecule has 23 heavy (non-hydrogen) atoms. The van der Waals surface area contributed by atoms with Crippen LogP contribution in [0.4, 0.5) is 0 Å². The fraction of sp³-hybridized carbons (Fsp3) is 0. The van der Waals surface area contributed by atoms with E-state index in [9.17, 15) is 0 Å². The summed E-state index contributed by atoms with van der Waals surface area (Å²) >= 11 is 1.81. The summed E-state index contributed by atoms with van der Waals surface area (Å²) < 4.78 is 0. The second-order valence-electron chi connectivity index (χ2n) is 5.83. The van der Waals surface area contributed by atoms with Crippen molar-refractivity contribution in [3.05, 3.63) is 83.8 Å². The summed E-state index contributed by atoms with van der Waals surface area (Å²) in [6, 6.07) is 26.3. The summed E-state index contributed by atoms with van der Waals surface area (Å²) in [5.74, 6) is 0. The average Bonchev–Trinajstić information content (AvgIpc) is 2.81. The van der Waals surface area contributed by atoms with Gasteiger partial charge < -0.3 is 0 Å². The Kier molecular flexibility index (Phi) is 2.82. The van der Waals surface area contributed by atoms with Gasteiger partial charge in [0, 0.05) is 10.5 Å². The fourth-order valence-electron chi connectivity index (χ4n) is 3.50. The van der Waals surface area contributed by atoms with Crippen LogP contribution >= 0.6 is 11.8 Å². The van der Waals surface area contributed by atoms with Gasteiger partial charge in [0.1, 0.15) is 0 Å². The lowest BCUT2D eigenvalue weighted by Crippen LogP contribution is -1.88. The van der Waals surface area contributed by atoms with Crippen LogP contribution in [-0.4, -0.2) is 0 Å². The molecule has 0 nitrogen and oxygen atoms in total. The maximum Gasteiger partial charge on any atom is 0.0201 e. The van der Waals surface area contributed by atoms with E-state index in [1.807, 2.05) is 11.8 Å². The molecule has 4 aromatic rings. The van der Waals surface area contributed by atoms with E-state index < -0.39 is 0 Å². The lowest BCUT2D eigenvalue weighted by molar-refractivity contribution is 1.50. The summed E-state index contributed by atoms with van der Waals surface area (Å²) in [4.78, 5) is 1.33. The molecular weight excluding hydrogens is 296 g/mol. The van der Waals surface area contributed by atoms with Gasteiger partial charge in [-0.2, -0.15) is 0 Å². The summed E-state index contributed by atoms with van der Waals surface area (Å²) in [5, 5.41) is 7.46. The highest BCUT2D eigenvalue weighted by atomic mass is 32.2. The Hall–Kier alpha value is -2.51. The van der Waals surface area contributed by atoms with Crippen molar-refractivity contribution in [2.24, 2.45) is 0 Å². The van der Waals surface area contributed by atoms with Gasteiger partial charge >= 0.3 is 0 Å². The quantitative estimate of drug-likeness (QED) is 0.347. The molecule has 1 aliphatic rings. The summed E-state index contributed by atoms with van der Waals surface area (Å²) in [6.07, 6.45) is 2.26. The maximum absolute atomic E-state index is 2.28. The average molecular weight is 310 g/mol. The zero-order chi connectivity index (χ0) is 15.2. The molecule has 0 saturated carbocycles. The molecule has 108 valence electrons. The predicted molar refractivity (Wildman–Crippen MR) is 102 cm³/mol. The summed E-state index contributed by atoms with van der Waals surface area (Å²) in [6.45, 7) is 0. The highest BCUT2D eigenvalue weighted by molar-refractivity contribution is 8.02. The Bertz CT molecular complexity index is 1090. The highest BCUT2D eigenvalue weighted by Gasteiger charge is 2.16. The predicted octanol–water partition coefficient (Wildman–Crippen LogP) is 6.74. The molecular formula is C22H14S. The third kappa shape index (κ3) is 1.94. The normalized spacial score (nSPS) is 12.9. The molecule has 0 atom stereocenters. The number of hydrogen-bond donors (Lipinski definition) is 0. The molecule has 1 heteroatoms. The zero-order valence-corrected chi connectivity index (χ0v) is 13.3. The standard InChI is InChI=1S/C22H14S/c1-3-7-17-15(5-1)9-11-20-19(17)13-14-23-21-12-10-16-6-2-4-8-18(16)22(20)21/h1-14H. The zero-order valence-electron chi connectivity index (χ0n) is 12.5. The Morgan fingerprint density at radius 2 is 1.30 bits per heavy atom. The number of hydrogen-bond acceptors (Lipinski definition) is 1. The van der Waals surface area contributed by atoms with E-state index in [1.54, 1.807) is 0 Å². The van der Waals surface area contributed by atoms with Crippen LogP contribution in [0.3, 0.4) is 0 Å². The lowest BCUT2D eigenvalue weighted by Gasteiger charge is -2.14. The molecule has 1 aliphatic heterocycles. The molecule has 0 aromatic heterocycles. The van der Waals surface area contributed by atoms with Crippen LogP contribution in [0.2, 0.25) is 0 Å². The molecule has 0 fully saturated rings. The van der Waals surface area contributed by atoms with E-state index in [2.05, 4.69) is 84.3 Å². The fourth-order valence-corrected chi connectivity index (χ4v) is 4.33. The minimum Gasteiger partial charge on any atom is -0.0974 e. The van der Waals surface area contributed by atoms with Gasteiger partial charge in [0.25, 0.3) is 0 Å². The minimum absolute atomic E-state index is 1.30. The van der Waals surface area contributed by atoms with E-state index in [-0.39, 0.29) is 0 Å². The molecule has 4 aromatic carbocycles. The first kappa shape index (κ1) is 13.0. The Morgan fingerprint density at radius 3 is 2.17 bits per heavy atom. The van der Waals surface area contributed by atoms with Gasteiger partial charge in [-0.25, -0.2) is 0 Å². The number of rotatable bonds is 0. The Balaban J connectivity index is 1.97.